The van der Waals surface area contributed by atoms with Crippen LogP contribution >= 0.6 is 0 Å². The van der Waals surface area contributed by atoms with Crippen LogP contribution in [0.25, 0.3) is 0 Å². The Bertz CT molecular complexity index is 1480. The van der Waals surface area contributed by atoms with Crippen molar-refractivity contribution < 1.29 is 38.1 Å². The molecule has 418 valence electrons. The summed E-state index contributed by atoms with van der Waals surface area (Å²) in [6.45, 7) is 7.50. The first kappa shape index (κ1) is 66.9. The summed E-state index contributed by atoms with van der Waals surface area (Å²) in [5, 5.41) is 2.86. The first-order valence-electron chi connectivity index (χ1n) is 29.9. The summed E-state index contributed by atoms with van der Waals surface area (Å²) in [7, 11) is 0. The maximum atomic E-state index is 13.4. The zero-order chi connectivity index (χ0) is 52.8. The number of imidazole rings is 1. The predicted molar refractivity (Wildman–Crippen MR) is 301 cm³/mol. The number of nitrogens with one attached hydrogen (secondary N) is 1. The summed E-state index contributed by atoms with van der Waals surface area (Å²) in [5.74, 6) is -1.23. The highest BCUT2D eigenvalue weighted by Crippen LogP contribution is 2.18. The molecule has 1 rings (SSSR count). The van der Waals surface area contributed by atoms with Crippen molar-refractivity contribution in [3.63, 3.8) is 0 Å². The number of esters is 3. The predicted octanol–water partition coefficient (Wildman–Crippen LogP) is 17.1. The van der Waals surface area contributed by atoms with Gasteiger partial charge in [0, 0.05) is 44.7 Å². The Morgan fingerprint density at radius 1 is 0.466 bits per heavy atom. The molecular formula is C62H107N3O8. The van der Waals surface area contributed by atoms with Gasteiger partial charge in [-0.3, -0.25) is 14.4 Å². The second-order valence-corrected chi connectivity index (χ2v) is 20.1. The molecule has 1 aromatic rings. The van der Waals surface area contributed by atoms with Gasteiger partial charge < -0.3 is 28.8 Å². The Morgan fingerprint density at radius 2 is 0.904 bits per heavy atom. The molecule has 1 aromatic heterocycles. The van der Waals surface area contributed by atoms with Crippen LogP contribution in [0.4, 0.5) is 4.79 Å². The van der Waals surface area contributed by atoms with E-state index in [1.54, 1.807) is 12.5 Å². The molecule has 0 aromatic carbocycles. The lowest BCUT2D eigenvalue weighted by Gasteiger charge is -2.20. The lowest BCUT2D eigenvalue weighted by Crippen LogP contribution is -2.32. The highest BCUT2D eigenvalue weighted by atomic mass is 16.6. The largest absolute Gasteiger partial charge is 0.462 e. The van der Waals surface area contributed by atoms with Crippen molar-refractivity contribution in [1.29, 1.82) is 0 Å². The summed E-state index contributed by atoms with van der Waals surface area (Å²) < 4.78 is 24.8. The van der Waals surface area contributed by atoms with E-state index in [9.17, 15) is 19.2 Å². The van der Waals surface area contributed by atoms with E-state index in [1.807, 2.05) is 10.8 Å². The molecule has 1 atom stereocenters. The van der Waals surface area contributed by atoms with Gasteiger partial charge in [0.15, 0.2) is 6.10 Å². The molecule has 1 unspecified atom stereocenters. The zero-order valence-corrected chi connectivity index (χ0v) is 46.9. The van der Waals surface area contributed by atoms with Crippen molar-refractivity contribution in [2.75, 3.05) is 19.8 Å². The van der Waals surface area contributed by atoms with E-state index >= 15 is 0 Å². The van der Waals surface area contributed by atoms with E-state index in [0.717, 1.165) is 122 Å². The van der Waals surface area contributed by atoms with Gasteiger partial charge in [0.1, 0.15) is 19.3 Å². The van der Waals surface area contributed by atoms with Crippen LogP contribution in [0.5, 0.6) is 0 Å². The number of alkyl carbamates (subject to hydrolysis) is 1. The Morgan fingerprint density at radius 3 is 1.38 bits per heavy atom. The fourth-order valence-corrected chi connectivity index (χ4v) is 8.50. The van der Waals surface area contributed by atoms with Crippen molar-refractivity contribution in [2.45, 2.75) is 284 Å². The number of hydrogen-bond acceptors (Lipinski definition) is 9. The average molecular weight is 1020 g/mol. The highest BCUT2D eigenvalue weighted by Gasteiger charge is 2.22. The van der Waals surface area contributed by atoms with E-state index < -0.39 is 24.3 Å². The first-order chi connectivity index (χ1) is 35.9. The molecule has 0 saturated carbocycles. The summed E-state index contributed by atoms with van der Waals surface area (Å²) in [6.07, 6.45) is 59.9. The fraction of sp³-hybridized carbons (Fsp3) is 0.758. The third kappa shape index (κ3) is 47.3. The van der Waals surface area contributed by atoms with Crippen LogP contribution in [0.1, 0.15) is 265 Å². The number of hydrogen-bond donors (Lipinski definition) is 1. The van der Waals surface area contributed by atoms with Crippen LogP contribution in [-0.4, -0.2) is 65.5 Å². The van der Waals surface area contributed by atoms with Crippen molar-refractivity contribution in [1.82, 2.24) is 14.9 Å². The third-order valence-electron chi connectivity index (χ3n) is 13.1. The minimum Gasteiger partial charge on any atom is -0.462 e. The molecule has 0 radical (unpaired) electrons. The molecule has 0 spiro atoms. The molecule has 1 N–H and O–H groups in total. The van der Waals surface area contributed by atoms with Gasteiger partial charge in [0.25, 0.3) is 0 Å². The van der Waals surface area contributed by atoms with Gasteiger partial charge in [-0.15, -0.1) is 0 Å². The number of aromatic nitrogens is 2. The maximum absolute atomic E-state index is 13.4. The Kier molecular flexibility index (Phi) is 48.3. The summed E-state index contributed by atoms with van der Waals surface area (Å²) in [5.41, 5.74) is 0. The molecule has 0 aliphatic rings. The number of rotatable bonds is 52. The molecule has 0 saturated heterocycles. The number of nitrogens with zero attached hydrogens (tertiary/aromatic N) is 2. The number of allylic oxidation sites excluding steroid dienone is 8. The van der Waals surface area contributed by atoms with Crippen LogP contribution in [0, 0.1) is 0 Å². The van der Waals surface area contributed by atoms with Crippen LogP contribution in [0.2, 0.25) is 0 Å². The minimum atomic E-state index is -0.935. The van der Waals surface area contributed by atoms with Crippen LogP contribution in [-0.2, 0) is 39.9 Å². The Labute approximate surface area is 445 Å². The quantitative estimate of drug-likeness (QED) is 0.0293. The molecule has 11 heteroatoms. The van der Waals surface area contributed by atoms with Crippen molar-refractivity contribution in [3.8, 4) is 0 Å². The number of carbonyl (C=O) groups is 4. The van der Waals surface area contributed by atoms with Crippen LogP contribution in [0.3, 0.4) is 0 Å². The van der Waals surface area contributed by atoms with Gasteiger partial charge in [-0.25, -0.2) is 9.78 Å². The van der Waals surface area contributed by atoms with E-state index in [-0.39, 0.29) is 44.4 Å². The topological polar surface area (TPSA) is 135 Å². The van der Waals surface area contributed by atoms with E-state index in [1.165, 1.54) is 96.3 Å². The molecule has 0 fully saturated rings. The monoisotopic (exact) mass is 1020 g/mol. The molecule has 1 heterocycles. The summed E-state index contributed by atoms with van der Waals surface area (Å²) >= 11 is 0. The lowest BCUT2D eigenvalue weighted by molar-refractivity contribution is -0.167. The van der Waals surface area contributed by atoms with Gasteiger partial charge in [-0.2, -0.15) is 0 Å². The smallest absolute Gasteiger partial charge is 0.407 e. The van der Waals surface area contributed by atoms with Crippen molar-refractivity contribution in [2.24, 2.45) is 0 Å². The first-order valence-corrected chi connectivity index (χ1v) is 29.9. The number of aryl methyl sites for hydroxylation is 1. The second kappa shape index (κ2) is 52.7. The zero-order valence-electron chi connectivity index (χ0n) is 46.9. The van der Waals surface area contributed by atoms with Gasteiger partial charge in [0.05, 0.1) is 6.33 Å². The molecule has 0 bridgehead atoms. The average Bonchev–Trinajstić information content (AvgIpc) is 3.92. The number of unbranched alkanes of at least 4 members (excludes halogenated alkanes) is 25. The SMILES string of the molecule is CCCCC/C=C\C/C=C\CCCCCCCC(=O)OCC(COC(=O)CCCCCCC/C=C\C/C=C\CCCCC)OC(=O)CCC(CCCCCCCCCCCC)OC(=O)NCCCn1ccnc1. The van der Waals surface area contributed by atoms with Gasteiger partial charge in [0.2, 0.25) is 0 Å². The standard InChI is InChI=1S/C62H107N3O8/c1-4-7-10-13-16-19-22-24-26-28-30-33-36-39-42-46-59(66)70-54-58(55-71-60(67)47-43-40-37-34-31-29-27-25-23-20-17-14-11-8-5-2)72-61(68)49-48-57(45-41-38-35-32-21-18-15-12-9-6-3)73-62(69)64-50-44-52-65-53-51-63-56-65/h16-17,19-20,24-27,51,53,56-58H,4-15,18,21-23,28-50,52,54-55H2,1-3H3,(H,64,69)/b19-16-,20-17-,26-24-,27-25-. The van der Waals surface area contributed by atoms with E-state index in [4.69, 9.17) is 18.9 Å². The summed E-state index contributed by atoms with van der Waals surface area (Å²) in [4.78, 5) is 56.0. The van der Waals surface area contributed by atoms with Crippen LogP contribution < -0.4 is 5.32 Å². The van der Waals surface area contributed by atoms with Crippen LogP contribution in [0.15, 0.2) is 67.3 Å². The fourth-order valence-electron chi connectivity index (χ4n) is 8.50. The van der Waals surface area contributed by atoms with E-state index in [2.05, 4.69) is 79.7 Å². The Balaban J connectivity index is 2.65. The second-order valence-electron chi connectivity index (χ2n) is 20.1. The van der Waals surface area contributed by atoms with Crippen molar-refractivity contribution in [3.05, 3.63) is 67.3 Å². The maximum Gasteiger partial charge on any atom is 0.407 e. The van der Waals surface area contributed by atoms with Gasteiger partial charge >= 0.3 is 24.0 Å². The number of carbonyl (C=O) groups excluding carboxylic acids is 4. The van der Waals surface area contributed by atoms with Crippen molar-refractivity contribution >= 4 is 24.0 Å². The Hall–Kier alpha value is -4.15. The number of ether oxygens (including phenoxy) is 4. The summed E-state index contributed by atoms with van der Waals surface area (Å²) in [6, 6.07) is 0. The van der Waals surface area contributed by atoms with Gasteiger partial charge in [-0.05, 0) is 103 Å². The molecule has 1 amide bonds. The highest BCUT2D eigenvalue weighted by molar-refractivity contribution is 5.71. The van der Waals surface area contributed by atoms with Gasteiger partial charge in [-0.1, -0.05) is 191 Å². The molecule has 0 aliphatic carbocycles. The minimum absolute atomic E-state index is 0.00661. The molecule has 73 heavy (non-hydrogen) atoms. The lowest BCUT2D eigenvalue weighted by atomic mass is 10.0. The molecular weight excluding hydrogens is 915 g/mol. The molecule has 11 nitrogen and oxygen atoms in total. The van der Waals surface area contributed by atoms with E-state index in [0.29, 0.717) is 19.4 Å². The molecule has 0 aliphatic heterocycles. The third-order valence-corrected chi connectivity index (χ3v) is 13.1. The number of amides is 1. The normalized spacial score (nSPS) is 12.2.